The normalized spacial score (nSPS) is 10.6. The molecule has 0 saturated carbocycles. The Bertz CT molecular complexity index is 883. The van der Waals surface area contributed by atoms with Gasteiger partial charge in [-0.15, -0.1) is 11.5 Å². The van der Waals surface area contributed by atoms with Crippen LogP contribution in [-0.4, -0.2) is 14.5 Å². The fourth-order valence-electron chi connectivity index (χ4n) is 2.26. The minimum atomic E-state index is 0. The molecule has 2 aromatic carbocycles. The van der Waals surface area contributed by atoms with Gasteiger partial charge in [0, 0.05) is 32.7 Å². The summed E-state index contributed by atoms with van der Waals surface area (Å²) >= 11 is 0. The quantitative estimate of drug-likeness (QED) is 0.500. The van der Waals surface area contributed by atoms with E-state index in [-0.39, 0.29) is 32.7 Å². The molecule has 0 bridgehead atoms. The standard InChI is InChI=1S/C16H10N3.Y/c1-2-6-13-12(5-1)9-10-16(18-13)19-11-17-14-7-3-4-8-15(14)19;/h1-5,7-11H;/q-1;. The van der Waals surface area contributed by atoms with Gasteiger partial charge in [0.25, 0.3) is 0 Å². The predicted octanol–water partition coefficient (Wildman–Crippen LogP) is 3.37. The van der Waals surface area contributed by atoms with Gasteiger partial charge < -0.3 is 0 Å². The maximum absolute atomic E-state index is 4.64. The third-order valence-electron chi connectivity index (χ3n) is 3.20. The number of pyridine rings is 1. The summed E-state index contributed by atoms with van der Waals surface area (Å²) in [6.45, 7) is 0. The molecule has 0 N–H and O–H groups in total. The van der Waals surface area contributed by atoms with Gasteiger partial charge in [0.2, 0.25) is 0 Å². The number of nitrogens with zero attached hydrogens (tertiary/aromatic N) is 3. The van der Waals surface area contributed by atoms with Crippen molar-refractivity contribution in [1.82, 2.24) is 14.5 Å². The summed E-state index contributed by atoms with van der Waals surface area (Å²) in [4.78, 5) is 9.02. The second-order valence-electron chi connectivity index (χ2n) is 4.38. The minimum Gasteiger partial charge on any atom is -0.283 e. The van der Waals surface area contributed by atoms with Crippen LogP contribution in [0.15, 0.2) is 60.9 Å². The maximum Gasteiger partial charge on any atom is 0.135 e. The average molecular weight is 333 g/mol. The van der Waals surface area contributed by atoms with Gasteiger partial charge in [-0.2, -0.15) is 24.3 Å². The van der Waals surface area contributed by atoms with Crippen molar-refractivity contribution in [1.29, 1.82) is 0 Å². The van der Waals surface area contributed by atoms with E-state index in [4.69, 9.17) is 0 Å². The molecule has 0 unspecified atom stereocenters. The molecule has 4 rings (SSSR count). The molecule has 2 aromatic heterocycles. The first-order valence-corrected chi connectivity index (χ1v) is 6.12. The SMILES string of the molecule is [Y].[c-]1cccc2ccc(-n3cnc4ccccc43)nc12. The number of benzene rings is 2. The molecule has 2 heterocycles. The summed E-state index contributed by atoms with van der Waals surface area (Å²) in [6, 6.07) is 21.1. The topological polar surface area (TPSA) is 30.7 Å². The molecular weight excluding hydrogens is 323 g/mol. The largest absolute Gasteiger partial charge is 0.283 e. The van der Waals surface area contributed by atoms with Crippen LogP contribution in [0, 0.1) is 6.07 Å². The molecule has 4 heteroatoms. The fraction of sp³-hybridized carbons (Fsp3) is 0. The number of hydrogen-bond donors (Lipinski definition) is 0. The number of rotatable bonds is 1. The Kier molecular flexibility index (Phi) is 3.64. The molecule has 0 amide bonds. The van der Waals surface area contributed by atoms with Crippen LogP contribution in [0.4, 0.5) is 0 Å². The molecule has 93 valence electrons. The molecule has 0 aliphatic carbocycles. The zero-order valence-electron chi connectivity index (χ0n) is 10.7. The summed E-state index contributed by atoms with van der Waals surface area (Å²) < 4.78 is 2.00. The van der Waals surface area contributed by atoms with Crippen LogP contribution < -0.4 is 0 Å². The molecule has 0 aliphatic heterocycles. The molecule has 20 heavy (non-hydrogen) atoms. The molecule has 0 spiro atoms. The molecular formula is C16H10N3Y-. The van der Waals surface area contributed by atoms with Crippen LogP contribution in [0.25, 0.3) is 27.8 Å². The third kappa shape index (κ3) is 2.17. The van der Waals surface area contributed by atoms with Crippen LogP contribution >= 0.6 is 0 Å². The van der Waals surface area contributed by atoms with Gasteiger partial charge in [-0.25, -0.2) is 4.98 Å². The second-order valence-corrected chi connectivity index (χ2v) is 4.38. The first-order valence-electron chi connectivity index (χ1n) is 6.12. The fourth-order valence-corrected chi connectivity index (χ4v) is 2.26. The van der Waals surface area contributed by atoms with Gasteiger partial charge in [-0.1, -0.05) is 12.1 Å². The van der Waals surface area contributed by atoms with Crippen LogP contribution in [0.1, 0.15) is 0 Å². The summed E-state index contributed by atoms with van der Waals surface area (Å²) in [7, 11) is 0. The Balaban J connectivity index is 0.00000121. The molecule has 0 aliphatic rings. The Labute approximate surface area is 141 Å². The van der Waals surface area contributed by atoms with E-state index in [9.17, 15) is 0 Å². The van der Waals surface area contributed by atoms with Crippen LogP contribution in [0.5, 0.6) is 0 Å². The van der Waals surface area contributed by atoms with E-state index >= 15 is 0 Å². The monoisotopic (exact) mass is 333 g/mol. The van der Waals surface area contributed by atoms with Crippen LogP contribution in [0.3, 0.4) is 0 Å². The van der Waals surface area contributed by atoms with Crippen LogP contribution in [-0.2, 0) is 32.7 Å². The van der Waals surface area contributed by atoms with Gasteiger partial charge in [0.05, 0.1) is 11.0 Å². The number of hydrogen-bond acceptors (Lipinski definition) is 2. The minimum absolute atomic E-state index is 0. The number of para-hydroxylation sites is 3. The van der Waals surface area contributed by atoms with Gasteiger partial charge in [0.15, 0.2) is 0 Å². The van der Waals surface area contributed by atoms with Gasteiger partial charge in [-0.3, -0.25) is 9.55 Å². The summed E-state index contributed by atoms with van der Waals surface area (Å²) in [5, 5.41) is 1.09. The molecule has 3 nitrogen and oxygen atoms in total. The molecule has 1 radical (unpaired) electrons. The van der Waals surface area contributed by atoms with Gasteiger partial charge >= 0.3 is 0 Å². The van der Waals surface area contributed by atoms with Gasteiger partial charge in [0.1, 0.15) is 12.1 Å². The van der Waals surface area contributed by atoms with Crippen molar-refractivity contribution >= 4 is 21.9 Å². The van der Waals surface area contributed by atoms with E-state index in [0.717, 1.165) is 27.8 Å². The van der Waals surface area contributed by atoms with Crippen molar-refractivity contribution < 1.29 is 32.7 Å². The Morgan fingerprint density at radius 2 is 1.85 bits per heavy atom. The Morgan fingerprint density at radius 3 is 2.80 bits per heavy atom. The van der Waals surface area contributed by atoms with Crippen molar-refractivity contribution in [2.75, 3.05) is 0 Å². The predicted molar refractivity (Wildman–Crippen MR) is 75.2 cm³/mol. The van der Waals surface area contributed by atoms with Crippen molar-refractivity contribution in [2.45, 2.75) is 0 Å². The van der Waals surface area contributed by atoms with E-state index in [2.05, 4.69) is 22.1 Å². The van der Waals surface area contributed by atoms with Crippen molar-refractivity contribution in [3.8, 4) is 5.82 Å². The van der Waals surface area contributed by atoms with Crippen molar-refractivity contribution in [3.63, 3.8) is 0 Å². The van der Waals surface area contributed by atoms with Crippen molar-refractivity contribution in [3.05, 3.63) is 67.0 Å². The number of imidazole rings is 1. The van der Waals surface area contributed by atoms with Gasteiger partial charge in [-0.05, 0) is 23.7 Å². The first kappa shape index (κ1) is 13.4. The average Bonchev–Trinajstić information content (AvgIpc) is 2.91. The summed E-state index contributed by atoms with van der Waals surface area (Å²) in [6.07, 6.45) is 1.81. The number of aromatic nitrogens is 3. The third-order valence-corrected chi connectivity index (χ3v) is 3.20. The van der Waals surface area contributed by atoms with E-state index in [1.165, 1.54) is 0 Å². The maximum atomic E-state index is 4.64. The summed E-state index contributed by atoms with van der Waals surface area (Å²) in [5.74, 6) is 0.864. The molecule has 0 saturated heterocycles. The van der Waals surface area contributed by atoms with E-state index in [1.54, 1.807) is 0 Å². The van der Waals surface area contributed by atoms with Crippen molar-refractivity contribution in [2.24, 2.45) is 0 Å². The second kappa shape index (κ2) is 5.43. The van der Waals surface area contributed by atoms with E-state index in [0.29, 0.717) is 0 Å². The Morgan fingerprint density at radius 1 is 0.950 bits per heavy atom. The van der Waals surface area contributed by atoms with Crippen LogP contribution in [0.2, 0.25) is 0 Å². The summed E-state index contributed by atoms with van der Waals surface area (Å²) in [5.41, 5.74) is 2.91. The molecule has 4 aromatic rings. The van der Waals surface area contributed by atoms with E-state index in [1.807, 2.05) is 59.4 Å². The smallest absolute Gasteiger partial charge is 0.135 e. The molecule has 0 fully saturated rings. The molecule has 0 atom stereocenters. The first-order chi connectivity index (χ1) is 9.42. The zero-order chi connectivity index (χ0) is 12.7. The van der Waals surface area contributed by atoms with E-state index < -0.39 is 0 Å². The number of fused-ring (bicyclic) bond motifs is 2. The Hall–Kier alpha value is -1.58. The zero-order valence-corrected chi connectivity index (χ0v) is 13.5.